The topological polar surface area (TPSA) is 51.2 Å². The lowest BCUT2D eigenvalue weighted by atomic mass is 9.91. The number of amides is 1. The van der Waals surface area contributed by atoms with Gasteiger partial charge >= 0.3 is 0 Å². The van der Waals surface area contributed by atoms with Gasteiger partial charge in [0.05, 0.1) is 0 Å². The van der Waals surface area contributed by atoms with E-state index >= 15 is 0 Å². The molecule has 1 N–H and O–H groups in total. The van der Waals surface area contributed by atoms with Crippen molar-refractivity contribution >= 4 is 5.91 Å². The molecule has 0 unspecified atom stereocenters. The highest BCUT2D eigenvalue weighted by atomic mass is 16.5. The highest BCUT2D eigenvalue weighted by Crippen LogP contribution is 2.30. The van der Waals surface area contributed by atoms with E-state index in [9.17, 15) is 4.79 Å². The lowest BCUT2D eigenvalue weighted by Gasteiger charge is -2.22. The van der Waals surface area contributed by atoms with Crippen LogP contribution in [-0.4, -0.2) is 17.0 Å². The second kappa shape index (κ2) is 7.27. The van der Waals surface area contributed by atoms with E-state index in [1.165, 1.54) is 24.0 Å². The molecule has 2 aromatic rings. The van der Waals surface area contributed by atoms with Gasteiger partial charge in [-0.3, -0.25) is 9.78 Å². The molecule has 23 heavy (non-hydrogen) atoms. The zero-order valence-electron chi connectivity index (χ0n) is 13.4. The largest absolute Gasteiger partial charge is 0.481 e. The molecule has 1 heterocycles. The van der Waals surface area contributed by atoms with Gasteiger partial charge in [-0.05, 0) is 67.5 Å². The van der Waals surface area contributed by atoms with Gasteiger partial charge in [-0.15, -0.1) is 0 Å². The molecule has 3 rings (SSSR count). The Labute approximate surface area is 136 Å². The number of nitrogens with one attached hydrogen (secondary N) is 1. The second-order valence-corrected chi connectivity index (χ2v) is 5.93. The SMILES string of the molecule is C[C@@H](Oc1cccc2c1CCCC2)C(=O)NCc1ccncc1. The summed E-state index contributed by atoms with van der Waals surface area (Å²) < 4.78 is 5.94. The van der Waals surface area contributed by atoms with E-state index in [2.05, 4.69) is 16.4 Å². The van der Waals surface area contributed by atoms with E-state index in [-0.39, 0.29) is 5.91 Å². The van der Waals surface area contributed by atoms with E-state index in [0.717, 1.165) is 24.2 Å². The third-order valence-corrected chi connectivity index (χ3v) is 4.24. The Bertz CT molecular complexity index is 670. The molecule has 1 aliphatic carbocycles. The minimum atomic E-state index is -0.509. The number of aromatic nitrogens is 1. The standard InChI is InChI=1S/C19H22N2O2/c1-14(19(22)21-13-15-9-11-20-12-10-15)23-18-8-4-6-16-5-2-3-7-17(16)18/h4,6,8-12,14H,2-3,5,7,13H2,1H3,(H,21,22)/t14-/m1/s1. The fourth-order valence-electron chi connectivity index (χ4n) is 2.93. The summed E-state index contributed by atoms with van der Waals surface area (Å²) in [6.45, 7) is 2.28. The van der Waals surface area contributed by atoms with Crippen LogP contribution in [-0.2, 0) is 24.2 Å². The van der Waals surface area contributed by atoms with Crippen LogP contribution < -0.4 is 10.1 Å². The Balaban J connectivity index is 1.60. The first-order valence-electron chi connectivity index (χ1n) is 8.18. The average molecular weight is 310 g/mol. The molecule has 1 aromatic heterocycles. The minimum absolute atomic E-state index is 0.102. The van der Waals surface area contributed by atoms with Gasteiger partial charge in [0.15, 0.2) is 6.10 Å². The summed E-state index contributed by atoms with van der Waals surface area (Å²) in [6.07, 6.45) is 7.50. The van der Waals surface area contributed by atoms with Gasteiger partial charge in [-0.1, -0.05) is 12.1 Å². The van der Waals surface area contributed by atoms with Gasteiger partial charge in [-0.25, -0.2) is 0 Å². The van der Waals surface area contributed by atoms with E-state index in [1.54, 1.807) is 19.3 Å². The number of benzene rings is 1. The first-order valence-corrected chi connectivity index (χ1v) is 8.18. The van der Waals surface area contributed by atoms with Crippen molar-refractivity contribution in [2.24, 2.45) is 0 Å². The molecular formula is C19H22N2O2. The smallest absolute Gasteiger partial charge is 0.261 e. The Hall–Kier alpha value is -2.36. The summed E-state index contributed by atoms with van der Waals surface area (Å²) in [5.74, 6) is 0.754. The molecule has 1 atom stereocenters. The number of hydrogen-bond donors (Lipinski definition) is 1. The number of pyridine rings is 1. The van der Waals surface area contributed by atoms with Gasteiger partial charge < -0.3 is 10.1 Å². The van der Waals surface area contributed by atoms with Crippen LogP contribution in [0.4, 0.5) is 0 Å². The van der Waals surface area contributed by atoms with Crippen LogP contribution in [0.2, 0.25) is 0 Å². The lowest BCUT2D eigenvalue weighted by Crippen LogP contribution is -2.36. The average Bonchev–Trinajstić information content (AvgIpc) is 2.61. The molecular weight excluding hydrogens is 288 g/mol. The number of carbonyl (C=O) groups is 1. The molecule has 0 radical (unpaired) electrons. The molecule has 0 spiro atoms. The van der Waals surface area contributed by atoms with Crippen LogP contribution in [0, 0.1) is 0 Å². The molecule has 4 nitrogen and oxygen atoms in total. The van der Waals surface area contributed by atoms with Crippen molar-refractivity contribution in [3.8, 4) is 5.75 Å². The van der Waals surface area contributed by atoms with Crippen LogP contribution in [0.5, 0.6) is 5.75 Å². The van der Waals surface area contributed by atoms with Gasteiger partial charge in [0.25, 0.3) is 5.91 Å². The Morgan fingerprint density at radius 3 is 2.83 bits per heavy atom. The number of carbonyl (C=O) groups excluding carboxylic acids is 1. The quantitative estimate of drug-likeness (QED) is 0.923. The highest BCUT2D eigenvalue weighted by Gasteiger charge is 2.19. The van der Waals surface area contributed by atoms with Crippen molar-refractivity contribution < 1.29 is 9.53 Å². The van der Waals surface area contributed by atoms with Crippen molar-refractivity contribution in [1.82, 2.24) is 10.3 Å². The van der Waals surface area contributed by atoms with Crippen molar-refractivity contribution in [3.05, 3.63) is 59.4 Å². The summed E-state index contributed by atoms with van der Waals surface area (Å²) in [5.41, 5.74) is 3.66. The summed E-state index contributed by atoms with van der Waals surface area (Å²) in [4.78, 5) is 16.2. The first-order chi connectivity index (χ1) is 11.2. The summed E-state index contributed by atoms with van der Waals surface area (Å²) in [5, 5.41) is 2.91. The zero-order valence-corrected chi connectivity index (χ0v) is 13.4. The number of ether oxygens (including phenoxy) is 1. The van der Waals surface area contributed by atoms with Crippen molar-refractivity contribution in [2.45, 2.75) is 45.3 Å². The van der Waals surface area contributed by atoms with E-state index in [0.29, 0.717) is 6.54 Å². The fourth-order valence-corrected chi connectivity index (χ4v) is 2.93. The van der Waals surface area contributed by atoms with Crippen LogP contribution in [0.15, 0.2) is 42.7 Å². The lowest BCUT2D eigenvalue weighted by molar-refractivity contribution is -0.127. The van der Waals surface area contributed by atoms with Crippen molar-refractivity contribution in [3.63, 3.8) is 0 Å². The number of hydrogen-bond acceptors (Lipinski definition) is 3. The van der Waals surface area contributed by atoms with Crippen LogP contribution in [0.3, 0.4) is 0 Å². The molecule has 1 aliphatic rings. The minimum Gasteiger partial charge on any atom is -0.481 e. The third kappa shape index (κ3) is 3.89. The van der Waals surface area contributed by atoms with Crippen LogP contribution in [0.25, 0.3) is 0 Å². The Morgan fingerprint density at radius 2 is 2.00 bits per heavy atom. The molecule has 0 saturated heterocycles. The number of aryl methyl sites for hydroxylation is 1. The van der Waals surface area contributed by atoms with E-state index < -0.39 is 6.10 Å². The summed E-state index contributed by atoms with van der Waals surface area (Å²) in [7, 11) is 0. The molecule has 0 aliphatic heterocycles. The second-order valence-electron chi connectivity index (χ2n) is 5.93. The monoisotopic (exact) mass is 310 g/mol. The van der Waals surface area contributed by atoms with Gasteiger partial charge in [0, 0.05) is 18.9 Å². The number of nitrogens with zero attached hydrogens (tertiary/aromatic N) is 1. The van der Waals surface area contributed by atoms with E-state index in [4.69, 9.17) is 4.74 Å². The third-order valence-electron chi connectivity index (χ3n) is 4.24. The van der Waals surface area contributed by atoms with Gasteiger partial charge in [0.1, 0.15) is 5.75 Å². The molecule has 120 valence electrons. The Kier molecular flexibility index (Phi) is 4.91. The maximum absolute atomic E-state index is 12.2. The predicted molar refractivity (Wildman–Crippen MR) is 89.3 cm³/mol. The van der Waals surface area contributed by atoms with Crippen molar-refractivity contribution in [1.29, 1.82) is 0 Å². The zero-order chi connectivity index (χ0) is 16.1. The molecule has 1 aromatic carbocycles. The number of rotatable bonds is 5. The molecule has 0 fully saturated rings. The highest BCUT2D eigenvalue weighted by molar-refractivity contribution is 5.80. The molecule has 0 bridgehead atoms. The molecule has 4 heteroatoms. The fraction of sp³-hybridized carbons (Fsp3) is 0.368. The van der Waals surface area contributed by atoms with Crippen LogP contribution >= 0.6 is 0 Å². The van der Waals surface area contributed by atoms with Gasteiger partial charge in [0.2, 0.25) is 0 Å². The van der Waals surface area contributed by atoms with Gasteiger partial charge in [-0.2, -0.15) is 0 Å². The predicted octanol–water partition coefficient (Wildman–Crippen LogP) is 3.04. The van der Waals surface area contributed by atoms with Crippen LogP contribution in [0.1, 0.15) is 36.5 Å². The van der Waals surface area contributed by atoms with E-state index in [1.807, 2.05) is 24.3 Å². The summed E-state index contributed by atoms with van der Waals surface area (Å²) in [6, 6.07) is 9.92. The first kappa shape index (κ1) is 15.5. The maximum atomic E-state index is 12.2. The molecule has 1 amide bonds. The van der Waals surface area contributed by atoms with Crippen molar-refractivity contribution in [2.75, 3.05) is 0 Å². The maximum Gasteiger partial charge on any atom is 0.261 e. The number of fused-ring (bicyclic) bond motifs is 1. The Morgan fingerprint density at radius 1 is 1.22 bits per heavy atom. The summed E-state index contributed by atoms with van der Waals surface area (Å²) >= 11 is 0. The molecule has 0 saturated carbocycles. The normalized spacial score (nSPS) is 14.7.